The fraction of sp³-hybridized carbons (Fsp3) is 0.429. The molecule has 0 saturated heterocycles. The van der Waals surface area contributed by atoms with Crippen LogP contribution in [-0.2, 0) is 15.6 Å². The van der Waals surface area contributed by atoms with Crippen molar-refractivity contribution in [3.63, 3.8) is 0 Å². The number of benzene rings is 1. The van der Waals surface area contributed by atoms with Crippen LogP contribution in [-0.4, -0.2) is 30.2 Å². The summed E-state index contributed by atoms with van der Waals surface area (Å²) in [6.45, 7) is 3.95. The van der Waals surface area contributed by atoms with Gasteiger partial charge in [0.25, 0.3) is 5.56 Å². The first-order valence-corrected chi connectivity index (χ1v) is 12.0. The Morgan fingerprint density at radius 1 is 1.27 bits per heavy atom. The molecule has 1 saturated carbocycles. The molecule has 0 radical (unpaired) electrons. The Bertz CT molecular complexity index is 1210. The smallest absolute Gasteiger partial charge is 0.341 e. The fourth-order valence-electron chi connectivity index (χ4n) is 3.92. The predicted molar refractivity (Wildman–Crippen MR) is 112 cm³/mol. The number of nitrogens with zero attached hydrogens (tertiary/aromatic N) is 1. The van der Waals surface area contributed by atoms with E-state index in [1.54, 1.807) is 0 Å². The SMILES string of the molecule is CCC(CC)Oc1cc2c(cc1Cl)-c1c(cc(C(=O)O)c(=O)n1C1CC1)CS2(=O)=O. The van der Waals surface area contributed by atoms with Crippen molar-refractivity contribution in [1.82, 2.24) is 4.57 Å². The molecule has 0 atom stereocenters. The van der Waals surface area contributed by atoms with Gasteiger partial charge in [-0.3, -0.25) is 4.79 Å². The first-order chi connectivity index (χ1) is 14.2. The molecule has 9 heteroatoms. The van der Waals surface area contributed by atoms with Crippen LogP contribution in [0, 0.1) is 0 Å². The van der Waals surface area contributed by atoms with Crippen LogP contribution >= 0.6 is 11.6 Å². The zero-order valence-electron chi connectivity index (χ0n) is 16.6. The van der Waals surface area contributed by atoms with Crippen LogP contribution in [0.5, 0.6) is 5.75 Å². The van der Waals surface area contributed by atoms with Gasteiger partial charge in [0.15, 0.2) is 9.84 Å². The van der Waals surface area contributed by atoms with E-state index in [9.17, 15) is 23.1 Å². The van der Waals surface area contributed by atoms with Crippen molar-refractivity contribution >= 4 is 27.4 Å². The monoisotopic (exact) mass is 451 g/mol. The number of pyridine rings is 1. The van der Waals surface area contributed by atoms with Gasteiger partial charge in [0.1, 0.15) is 11.3 Å². The molecule has 0 spiro atoms. The Balaban J connectivity index is 1.99. The Labute approximate surface area is 179 Å². The summed E-state index contributed by atoms with van der Waals surface area (Å²) in [6.07, 6.45) is 2.88. The van der Waals surface area contributed by atoms with E-state index in [4.69, 9.17) is 16.3 Å². The summed E-state index contributed by atoms with van der Waals surface area (Å²) in [5, 5.41) is 9.68. The Hall–Kier alpha value is -2.32. The summed E-state index contributed by atoms with van der Waals surface area (Å²) in [5.41, 5.74) is 0.0186. The molecular formula is C21H22ClNO6S. The molecule has 1 fully saturated rings. The summed E-state index contributed by atoms with van der Waals surface area (Å²) >= 11 is 6.45. The Morgan fingerprint density at radius 3 is 2.50 bits per heavy atom. The molecule has 2 aliphatic rings. The van der Waals surface area contributed by atoms with Crippen LogP contribution in [0.2, 0.25) is 5.02 Å². The maximum Gasteiger partial charge on any atom is 0.341 e. The van der Waals surface area contributed by atoms with Crippen molar-refractivity contribution in [3.05, 3.63) is 44.7 Å². The summed E-state index contributed by atoms with van der Waals surface area (Å²) < 4.78 is 33.5. The van der Waals surface area contributed by atoms with Crippen LogP contribution in [0.25, 0.3) is 11.3 Å². The lowest BCUT2D eigenvalue weighted by Crippen LogP contribution is -2.30. The number of sulfone groups is 1. The molecule has 1 aromatic carbocycles. The van der Waals surface area contributed by atoms with Crippen molar-refractivity contribution in [1.29, 1.82) is 0 Å². The first-order valence-electron chi connectivity index (χ1n) is 9.93. The molecular weight excluding hydrogens is 430 g/mol. The molecule has 2 heterocycles. The van der Waals surface area contributed by atoms with Crippen molar-refractivity contribution in [2.24, 2.45) is 0 Å². The minimum atomic E-state index is -3.77. The van der Waals surface area contributed by atoms with Crippen molar-refractivity contribution < 1.29 is 23.1 Å². The summed E-state index contributed by atoms with van der Waals surface area (Å²) in [4.78, 5) is 24.5. The quantitative estimate of drug-likeness (QED) is 0.710. The third kappa shape index (κ3) is 3.41. The molecule has 4 rings (SSSR count). The molecule has 1 aliphatic carbocycles. The van der Waals surface area contributed by atoms with E-state index in [1.165, 1.54) is 22.8 Å². The number of carbonyl (C=O) groups is 1. The van der Waals surface area contributed by atoms with Gasteiger partial charge >= 0.3 is 5.97 Å². The second kappa shape index (κ2) is 7.42. The van der Waals surface area contributed by atoms with Gasteiger partial charge in [-0.2, -0.15) is 0 Å². The van der Waals surface area contributed by atoms with Crippen molar-refractivity contribution in [2.75, 3.05) is 0 Å². The van der Waals surface area contributed by atoms with E-state index >= 15 is 0 Å². The fourth-order valence-corrected chi connectivity index (χ4v) is 5.69. The first kappa shape index (κ1) is 20.9. The highest BCUT2D eigenvalue weighted by Crippen LogP contribution is 2.46. The lowest BCUT2D eigenvalue weighted by Gasteiger charge is -2.26. The average molecular weight is 452 g/mol. The van der Waals surface area contributed by atoms with E-state index in [0.717, 1.165) is 25.7 Å². The van der Waals surface area contributed by atoms with Crippen LogP contribution in [0.3, 0.4) is 0 Å². The average Bonchev–Trinajstić information content (AvgIpc) is 3.51. The van der Waals surface area contributed by atoms with E-state index in [1.807, 2.05) is 13.8 Å². The lowest BCUT2D eigenvalue weighted by molar-refractivity contribution is 0.0694. The molecule has 7 nitrogen and oxygen atoms in total. The zero-order valence-corrected chi connectivity index (χ0v) is 18.2. The van der Waals surface area contributed by atoms with Crippen LogP contribution < -0.4 is 10.3 Å². The number of ether oxygens (including phenoxy) is 1. The number of hydrogen-bond donors (Lipinski definition) is 1. The number of carboxylic acid groups (broad SMARTS) is 1. The van der Waals surface area contributed by atoms with Gasteiger partial charge in [-0.1, -0.05) is 25.4 Å². The van der Waals surface area contributed by atoms with E-state index in [-0.39, 0.29) is 27.8 Å². The van der Waals surface area contributed by atoms with E-state index in [0.29, 0.717) is 22.6 Å². The van der Waals surface area contributed by atoms with Gasteiger partial charge in [0.2, 0.25) is 0 Å². The second-order valence-electron chi connectivity index (χ2n) is 7.74. The normalized spacial score (nSPS) is 16.8. The minimum Gasteiger partial charge on any atom is -0.489 e. The van der Waals surface area contributed by atoms with Crippen molar-refractivity contribution in [3.8, 4) is 17.0 Å². The number of aromatic nitrogens is 1. The number of hydrogen-bond acceptors (Lipinski definition) is 5. The lowest BCUT2D eigenvalue weighted by atomic mass is 10.0. The molecule has 0 bridgehead atoms. The third-order valence-electron chi connectivity index (χ3n) is 5.63. The molecule has 1 N–H and O–H groups in total. The van der Waals surface area contributed by atoms with E-state index in [2.05, 4.69) is 0 Å². The summed E-state index contributed by atoms with van der Waals surface area (Å²) in [6, 6.07) is 3.99. The van der Waals surface area contributed by atoms with E-state index < -0.39 is 26.9 Å². The standard InChI is InChI=1S/C21H22ClNO6S/c1-3-13(4-2)29-17-9-18-14(8-16(17)22)19-11(10-30(18,27)28)7-15(21(25)26)20(24)23(19)12-5-6-12/h7-9,12-13H,3-6,10H2,1-2H3,(H,25,26). The Kier molecular flexibility index (Phi) is 5.18. The van der Waals surface area contributed by atoms with Crippen LogP contribution in [0.15, 0.2) is 27.9 Å². The van der Waals surface area contributed by atoms with Crippen LogP contribution in [0.4, 0.5) is 0 Å². The highest BCUT2D eigenvalue weighted by Gasteiger charge is 2.37. The zero-order chi connectivity index (χ0) is 21.8. The summed E-state index contributed by atoms with van der Waals surface area (Å²) in [7, 11) is -3.77. The molecule has 1 aliphatic heterocycles. The highest BCUT2D eigenvalue weighted by molar-refractivity contribution is 7.90. The third-order valence-corrected chi connectivity index (χ3v) is 7.62. The molecule has 1 aromatic heterocycles. The topological polar surface area (TPSA) is 103 Å². The summed E-state index contributed by atoms with van der Waals surface area (Å²) in [5.74, 6) is -1.46. The largest absolute Gasteiger partial charge is 0.489 e. The number of aromatic carboxylic acids is 1. The number of carboxylic acids is 1. The maximum absolute atomic E-state index is 13.1. The highest BCUT2D eigenvalue weighted by atomic mass is 35.5. The number of rotatable bonds is 6. The van der Waals surface area contributed by atoms with Gasteiger partial charge in [0, 0.05) is 17.7 Å². The number of halogens is 1. The molecule has 160 valence electrons. The second-order valence-corrected chi connectivity index (χ2v) is 10.1. The number of fused-ring (bicyclic) bond motifs is 3. The molecule has 0 amide bonds. The molecule has 2 aromatic rings. The predicted octanol–water partition coefficient (Wildman–Crippen LogP) is 4.06. The van der Waals surface area contributed by atoms with Gasteiger partial charge in [0.05, 0.1) is 27.5 Å². The molecule has 30 heavy (non-hydrogen) atoms. The van der Waals surface area contributed by atoms with Gasteiger partial charge in [-0.15, -0.1) is 0 Å². The van der Waals surface area contributed by atoms with Crippen LogP contribution in [0.1, 0.15) is 61.5 Å². The minimum absolute atomic E-state index is 0.0530. The van der Waals surface area contributed by atoms with Gasteiger partial charge < -0.3 is 14.4 Å². The van der Waals surface area contributed by atoms with Crippen molar-refractivity contribution in [2.45, 2.75) is 62.3 Å². The van der Waals surface area contributed by atoms with Gasteiger partial charge in [-0.25, -0.2) is 13.2 Å². The maximum atomic E-state index is 13.1. The Morgan fingerprint density at radius 2 is 1.93 bits per heavy atom. The van der Waals surface area contributed by atoms with Gasteiger partial charge in [-0.05, 0) is 43.4 Å². The molecule has 0 unspecified atom stereocenters.